The third kappa shape index (κ3) is 3.08. The Bertz CT molecular complexity index is 597. The lowest BCUT2D eigenvalue weighted by atomic mass is 10.1. The first-order valence-electron chi connectivity index (χ1n) is 5.80. The number of hydrogen-bond donors (Lipinski definition) is 1. The minimum Gasteiger partial charge on any atom is -0.477 e. The van der Waals surface area contributed by atoms with Crippen LogP contribution < -0.4 is 4.90 Å². The van der Waals surface area contributed by atoms with Gasteiger partial charge in [-0.1, -0.05) is 23.7 Å². The average Bonchev–Trinajstić information content (AvgIpc) is 2.86. The monoisotopic (exact) mass is 295 g/mol. The Morgan fingerprint density at radius 1 is 1.37 bits per heavy atom. The molecule has 1 unspecified atom stereocenters. The molecule has 1 heterocycles. The van der Waals surface area contributed by atoms with Crippen LogP contribution in [-0.4, -0.2) is 18.1 Å². The van der Waals surface area contributed by atoms with Crippen molar-refractivity contribution in [1.29, 1.82) is 0 Å². The van der Waals surface area contributed by atoms with Gasteiger partial charge in [-0.05, 0) is 36.8 Å². The Labute approximate surface area is 121 Å². The van der Waals surface area contributed by atoms with Crippen LogP contribution in [0.15, 0.2) is 36.4 Å². The maximum Gasteiger partial charge on any atom is 0.345 e. The molecule has 0 saturated carbocycles. The van der Waals surface area contributed by atoms with Crippen molar-refractivity contribution in [3.63, 3.8) is 0 Å². The summed E-state index contributed by atoms with van der Waals surface area (Å²) >= 11 is 7.26. The second-order valence-electron chi connectivity index (χ2n) is 4.28. The van der Waals surface area contributed by atoms with Gasteiger partial charge in [-0.15, -0.1) is 11.3 Å². The molecule has 0 fully saturated rings. The Balaban J connectivity index is 2.22. The molecule has 1 atom stereocenters. The fraction of sp³-hybridized carbons (Fsp3) is 0.214. The van der Waals surface area contributed by atoms with Gasteiger partial charge < -0.3 is 10.0 Å². The molecule has 0 amide bonds. The number of rotatable bonds is 4. The van der Waals surface area contributed by atoms with Crippen LogP contribution in [0.25, 0.3) is 0 Å². The zero-order valence-corrected chi connectivity index (χ0v) is 12.2. The van der Waals surface area contributed by atoms with Crippen LogP contribution in [0.2, 0.25) is 5.02 Å². The summed E-state index contributed by atoms with van der Waals surface area (Å²) in [6, 6.07) is 11.3. The van der Waals surface area contributed by atoms with Crippen LogP contribution in [0.5, 0.6) is 0 Å². The first-order valence-corrected chi connectivity index (χ1v) is 7.00. The number of aromatic carboxylic acids is 1. The molecule has 2 aromatic rings. The number of thiophene rings is 1. The summed E-state index contributed by atoms with van der Waals surface area (Å²) in [4.78, 5) is 13.3. The Morgan fingerprint density at radius 2 is 2.11 bits per heavy atom. The predicted octanol–water partition coefficient (Wildman–Crippen LogP) is 4.30. The molecule has 0 aliphatic heterocycles. The maximum atomic E-state index is 10.9. The van der Waals surface area contributed by atoms with E-state index in [2.05, 4.69) is 6.92 Å². The Morgan fingerprint density at radius 3 is 2.68 bits per heavy atom. The van der Waals surface area contributed by atoms with E-state index in [9.17, 15) is 4.79 Å². The van der Waals surface area contributed by atoms with Gasteiger partial charge in [0.05, 0.1) is 11.0 Å². The average molecular weight is 296 g/mol. The van der Waals surface area contributed by atoms with Gasteiger partial charge in [0.15, 0.2) is 0 Å². The van der Waals surface area contributed by atoms with E-state index in [0.717, 1.165) is 10.6 Å². The lowest BCUT2D eigenvalue weighted by Crippen LogP contribution is -2.20. The summed E-state index contributed by atoms with van der Waals surface area (Å²) in [6.07, 6.45) is 0. The van der Waals surface area contributed by atoms with Gasteiger partial charge in [-0.2, -0.15) is 0 Å². The van der Waals surface area contributed by atoms with Gasteiger partial charge >= 0.3 is 5.97 Å². The van der Waals surface area contributed by atoms with E-state index in [0.29, 0.717) is 9.90 Å². The smallest absolute Gasteiger partial charge is 0.345 e. The third-order valence-electron chi connectivity index (χ3n) is 3.06. The minimum atomic E-state index is -0.889. The van der Waals surface area contributed by atoms with Crippen molar-refractivity contribution in [2.75, 3.05) is 11.9 Å². The fourth-order valence-corrected chi connectivity index (χ4v) is 2.90. The summed E-state index contributed by atoms with van der Waals surface area (Å²) in [5, 5.41) is 10.6. The third-order valence-corrected chi connectivity index (χ3v) is 4.46. The summed E-state index contributed by atoms with van der Waals surface area (Å²) in [7, 11) is 1.95. The molecule has 0 bridgehead atoms. The molecular weight excluding hydrogens is 282 g/mol. The number of halogens is 1. The van der Waals surface area contributed by atoms with Crippen molar-refractivity contribution in [3.8, 4) is 0 Å². The molecule has 19 heavy (non-hydrogen) atoms. The zero-order chi connectivity index (χ0) is 14.0. The Kier molecular flexibility index (Phi) is 4.12. The SMILES string of the molecule is CC(c1cccc(Cl)c1)N(C)c1ccc(C(=O)O)s1. The van der Waals surface area contributed by atoms with Gasteiger partial charge in [0, 0.05) is 12.1 Å². The fourth-order valence-electron chi connectivity index (χ4n) is 1.81. The van der Waals surface area contributed by atoms with Crippen LogP contribution in [0.3, 0.4) is 0 Å². The van der Waals surface area contributed by atoms with Crippen LogP contribution >= 0.6 is 22.9 Å². The highest BCUT2D eigenvalue weighted by Gasteiger charge is 2.16. The number of anilines is 1. The van der Waals surface area contributed by atoms with Crippen molar-refractivity contribution in [1.82, 2.24) is 0 Å². The lowest BCUT2D eigenvalue weighted by molar-refractivity contribution is 0.0702. The topological polar surface area (TPSA) is 40.5 Å². The molecule has 3 nitrogen and oxygen atoms in total. The maximum absolute atomic E-state index is 10.9. The second-order valence-corrected chi connectivity index (χ2v) is 5.78. The highest BCUT2D eigenvalue weighted by molar-refractivity contribution is 7.17. The molecule has 2 rings (SSSR count). The molecule has 1 aromatic carbocycles. The predicted molar refractivity (Wildman–Crippen MR) is 79.5 cm³/mol. The van der Waals surface area contributed by atoms with Crippen molar-refractivity contribution in [2.24, 2.45) is 0 Å². The van der Waals surface area contributed by atoms with E-state index >= 15 is 0 Å². The van der Waals surface area contributed by atoms with Crippen molar-refractivity contribution in [2.45, 2.75) is 13.0 Å². The van der Waals surface area contributed by atoms with Crippen LogP contribution in [-0.2, 0) is 0 Å². The number of nitrogens with zero attached hydrogens (tertiary/aromatic N) is 1. The summed E-state index contributed by atoms with van der Waals surface area (Å²) in [6.45, 7) is 2.06. The quantitative estimate of drug-likeness (QED) is 0.914. The van der Waals surface area contributed by atoms with E-state index in [1.54, 1.807) is 6.07 Å². The highest BCUT2D eigenvalue weighted by atomic mass is 35.5. The number of benzene rings is 1. The van der Waals surface area contributed by atoms with Gasteiger partial charge in [0.25, 0.3) is 0 Å². The lowest BCUT2D eigenvalue weighted by Gasteiger charge is -2.25. The summed E-state index contributed by atoms with van der Waals surface area (Å²) in [5.41, 5.74) is 1.10. The summed E-state index contributed by atoms with van der Waals surface area (Å²) < 4.78 is 0. The first kappa shape index (κ1) is 13.9. The van der Waals surface area contributed by atoms with Crippen molar-refractivity contribution < 1.29 is 9.90 Å². The molecule has 0 saturated heterocycles. The number of carboxylic acids is 1. The van der Waals surface area contributed by atoms with Crippen LogP contribution in [0.1, 0.15) is 28.2 Å². The van der Waals surface area contributed by atoms with E-state index in [4.69, 9.17) is 16.7 Å². The van der Waals surface area contributed by atoms with E-state index in [1.165, 1.54) is 11.3 Å². The van der Waals surface area contributed by atoms with Crippen molar-refractivity contribution in [3.05, 3.63) is 51.9 Å². The van der Waals surface area contributed by atoms with E-state index in [-0.39, 0.29) is 6.04 Å². The number of carboxylic acid groups (broad SMARTS) is 1. The normalized spacial score (nSPS) is 12.2. The van der Waals surface area contributed by atoms with Gasteiger partial charge in [-0.25, -0.2) is 4.79 Å². The van der Waals surface area contributed by atoms with Gasteiger partial charge in [0.1, 0.15) is 4.88 Å². The summed E-state index contributed by atoms with van der Waals surface area (Å²) in [5.74, 6) is -0.889. The van der Waals surface area contributed by atoms with E-state index in [1.807, 2.05) is 42.3 Å². The molecule has 1 N–H and O–H groups in total. The van der Waals surface area contributed by atoms with Crippen molar-refractivity contribution >= 4 is 33.9 Å². The number of hydrogen-bond acceptors (Lipinski definition) is 3. The molecule has 0 radical (unpaired) electrons. The number of carbonyl (C=O) groups is 1. The minimum absolute atomic E-state index is 0.124. The molecule has 0 aliphatic rings. The highest BCUT2D eigenvalue weighted by Crippen LogP contribution is 2.32. The van der Waals surface area contributed by atoms with Gasteiger partial charge in [0.2, 0.25) is 0 Å². The molecular formula is C14H14ClNO2S. The first-order chi connectivity index (χ1) is 8.99. The molecule has 5 heteroatoms. The Hall–Kier alpha value is -1.52. The molecule has 0 aliphatic carbocycles. The molecule has 0 spiro atoms. The van der Waals surface area contributed by atoms with E-state index < -0.39 is 5.97 Å². The van der Waals surface area contributed by atoms with Crippen LogP contribution in [0, 0.1) is 0 Å². The molecule has 100 valence electrons. The largest absolute Gasteiger partial charge is 0.477 e. The zero-order valence-electron chi connectivity index (χ0n) is 10.6. The van der Waals surface area contributed by atoms with Gasteiger partial charge in [-0.3, -0.25) is 0 Å². The second kappa shape index (κ2) is 5.63. The van der Waals surface area contributed by atoms with Crippen LogP contribution in [0.4, 0.5) is 5.00 Å². The standard InChI is InChI=1S/C14H14ClNO2S/c1-9(10-4-3-5-11(15)8-10)16(2)13-7-6-12(19-13)14(17)18/h3-9H,1-2H3,(H,17,18). The molecule has 1 aromatic heterocycles.